The van der Waals surface area contributed by atoms with Crippen molar-refractivity contribution in [2.45, 2.75) is 31.3 Å². The maximum Gasteiger partial charge on any atom is 0.270 e. The molecule has 0 radical (unpaired) electrons. The summed E-state index contributed by atoms with van der Waals surface area (Å²) in [5.74, 6) is 0.111. The molecule has 104 valence electrons. The van der Waals surface area contributed by atoms with Crippen LogP contribution in [0, 0.1) is 0 Å². The summed E-state index contributed by atoms with van der Waals surface area (Å²) in [6, 6.07) is 2.95. The van der Waals surface area contributed by atoms with Crippen LogP contribution >= 0.6 is 0 Å². The van der Waals surface area contributed by atoms with Gasteiger partial charge in [0, 0.05) is 38.4 Å². The molecule has 2 aliphatic rings. The van der Waals surface area contributed by atoms with Crippen molar-refractivity contribution < 1.29 is 4.79 Å². The van der Waals surface area contributed by atoms with Crippen LogP contribution in [0.2, 0.25) is 0 Å². The smallest absolute Gasteiger partial charge is 0.270 e. The van der Waals surface area contributed by atoms with E-state index in [9.17, 15) is 4.79 Å². The van der Waals surface area contributed by atoms with Gasteiger partial charge in [-0.3, -0.25) is 9.69 Å². The Morgan fingerprint density at radius 3 is 2.68 bits per heavy atom. The Labute approximate surface area is 114 Å². The Morgan fingerprint density at radius 1 is 1.26 bits per heavy atom. The number of carbonyl (C=O) groups excluding carboxylic acids is 1. The average molecular weight is 262 g/mol. The van der Waals surface area contributed by atoms with Crippen molar-refractivity contribution in [3.63, 3.8) is 0 Å². The van der Waals surface area contributed by atoms with Crippen molar-refractivity contribution >= 4 is 11.6 Å². The number of likely N-dealkylation sites (tertiary alicyclic amines) is 1. The molecular weight excluding hydrogens is 240 g/mol. The summed E-state index contributed by atoms with van der Waals surface area (Å²) in [4.78, 5) is 17.0. The van der Waals surface area contributed by atoms with Gasteiger partial charge in [0.05, 0.1) is 5.69 Å². The molecule has 3 heterocycles. The van der Waals surface area contributed by atoms with Gasteiger partial charge in [-0.25, -0.2) is 0 Å². The molecule has 0 spiro atoms. The maximum absolute atomic E-state index is 12.6. The quantitative estimate of drug-likeness (QED) is 0.818. The largest absolute Gasteiger partial charge is 0.397 e. The molecular formula is C14H22N4O. The molecule has 2 bridgehead atoms. The number of amides is 1. The minimum absolute atomic E-state index is 0.111. The number of fused-ring (bicyclic) bond motifs is 2. The number of aryl methyl sites for hydroxylation is 1. The number of nitrogens with two attached hydrogens (primary N) is 1. The molecule has 1 aromatic heterocycles. The first-order valence-corrected chi connectivity index (χ1v) is 6.99. The summed E-state index contributed by atoms with van der Waals surface area (Å²) >= 11 is 0. The minimum atomic E-state index is 0.111. The van der Waals surface area contributed by atoms with Crippen LogP contribution in [0.3, 0.4) is 0 Å². The lowest BCUT2D eigenvalue weighted by Gasteiger charge is -2.25. The van der Waals surface area contributed by atoms with Crippen LogP contribution in [0.15, 0.2) is 12.3 Å². The molecule has 2 unspecified atom stereocenters. The van der Waals surface area contributed by atoms with Crippen molar-refractivity contribution in [1.82, 2.24) is 14.4 Å². The van der Waals surface area contributed by atoms with E-state index < -0.39 is 0 Å². The molecule has 0 aromatic carbocycles. The summed E-state index contributed by atoms with van der Waals surface area (Å²) in [7, 11) is 4.07. The molecule has 5 heteroatoms. The van der Waals surface area contributed by atoms with E-state index >= 15 is 0 Å². The van der Waals surface area contributed by atoms with Gasteiger partial charge in [0.25, 0.3) is 5.91 Å². The highest BCUT2D eigenvalue weighted by atomic mass is 16.2. The number of aromatic nitrogens is 1. The fourth-order valence-corrected chi connectivity index (χ4v) is 3.46. The molecule has 0 saturated carbocycles. The van der Waals surface area contributed by atoms with Crippen molar-refractivity contribution in [1.29, 1.82) is 0 Å². The van der Waals surface area contributed by atoms with Gasteiger partial charge in [0.15, 0.2) is 0 Å². The van der Waals surface area contributed by atoms with Gasteiger partial charge in [-0.15, -0.1) is 0 Å². The summed E-state index contributed by atoms with van der Waals surface area (Å²) in [5.41, 5.74) is 7.11. The Balaban J connectivity index is 1.79. The molecule has 1 amide bonds. The highest BCUT2D eigenvalue weighted by molar-refractivity contribution is 5.93. The highest BCUT2D eigenvalue weighted by Gasteiger charge is 2.36. The maximum atomic E-state index is 12.6. The van der Waals surface area contributed by atoms with Gasteiger partial charge in [-0.05, 0) is 32.4 Å². The van der Waals surface area contributed by atoms with Gasteiger partial charge in [0.2, 0.25) is 0 Å². The number of nitrogens with zero attached hydrogens (tertiary/aromatic N) is 3. The summed E-state index contributed by atoms with van der Waals surface area (Å²) in [6.07, 6.45) is 5.36. The fraction of sp³-hybridized carbons (Fsp3) is 0.643. The Bertz CT molecular complexity index is 496. The van der Waals surface area contributed by atoms with Crippen LogP contribution in [0.1, 0.15) is 29.8 Å². The topological polar surface area (TPSA) is 54.5 Å². The van der Waals surface area contributed by atoms with Crippen LogP contribution in [-0.4, -0.2) is 52.5 Å². The van der Waals surface area contributed by atoms with E-state index in [1.54, 1.807) is 12.3 Å². The van der Waals surface area contributed by atoms with Crippen LogP contribution in [0.25, 0.3) is 0 Å². The van der Waals surface area contributed by atoms with Gasteiger partial charge < -0.3 is 15.2 Å². The van der Waals surface area contributed by atoms with Crippen molar-refractivity contribution in [3.05, 3.63) is 18.0 Å². The molecule has 2 fully saturated rings. The average Bonchev–Trinajstić information content (AvgIpc) is 2.79. The monoisotopic (exact) mass is 262 g/mol. The van der Waals surface area contributed by atoms with Gasteiger partial charge in [-0.2, -0.15) is 0 Å². The lowest BCUT2D eigenvalue weighted by Crippen LogP contribution is -2.40. The van der Waals surface area contributed by atoms with Gasteiger partial charge in [0.1, 0.15) is 5.69 Å². The van der Waals surface area contributed by atoms with Crippen LogP contribution in [0.4, 0.5) is 5.69 Å². The van der Waals surface area contributed by atoms with Gasteiger partial charge >= 0.3 is 0 Å². The van der Waals surface area contributed by atoms with E-state index in [2.05, 4.69) is 11.9 Å². The molecule has 2 saturated heterocycles. The molecule has 2 N–H and O–H groups in total. The van der Waals surface area contributed by atoms with Crippen LogP contribution in [-0.2, 0) is 7.05 Å². The number of rotatable bonds is 1. The van der Waals surface area contributed by atoms with Crippen LogP contribution in [0.5, 0.6) is 0 Å². The molecule has 19 heavy (non-hydrogen) atoms. The summed E-state index contributed by atoms with van der Waals surface area (Å²) in [6.45, 7) is 1.70. The van der Waals surface area contributed by atoms with Crippen molar-refractivity contribution in [2.24, 2.45) is 7.05 Å². The second-order valence-corrected chi connectivity index (χ2v) is 5.86. The molecule has 0 aliphatic carbocycles. The summed E-state index contributed by atoms with van der Waals surface area (Å²) in [5, 5.41) is 0. The molecule has 1 aromatic rings. The predicted octanol–water partition coefficient (Wildman–Crippen LogP) is 0.916. The van der Waals surface area contributed by atoms with E-state index in [-0.39, 0.29) is 5.91 Å². The zero-order chi connectivity index (χ0) is 13.6. The predicted molar refractivity (Wildman–Crippen MR) is 74.9 cm³/mol. The lowest BCUT2D eigenvalue weighted by atomic mass is 10.1. The number of nitrogen functional groups attached to an aromatic ring is 1. The van der Waals surface area contributed by atoms with E-state index in [0.29, 0.717) is 23.5 Å². The lowest BCUT2D eigenvalue weighted by molar-refractivity contribution is 0.0730. The zero-order valence-electron chi connectivity index (χ0n) is 11.7. The Hall–Kier alpha value is -1.49. The number of hydrogen-bond acceptors (Lipinski definition) is 3. The Morgan fingerprint density at radius 2 is 2.00 bits per heavy atom. The standard InChI is InChI=1S/C14H22N4O/c1-16-8-10(15)7-13(16)14(19)18-6-5-11-3-4-12(9-18)17(11)2/h7-8,11-12H,3-6,9,15H2,1-2H3. The third-order valence-corrected chi connectivity index (χ3v) is 4.68. The normalized spacial score (nSPS) is 27.6. The SMILES string of the molecule is CN1C2CCC1CN(C(=O)c1cc(N)cn1C)CC2. The number of hydrogen-bond donors (Lipinski definition) is 1. The first kappa shape index (κ1) is 12.5. The minimum Gasteiger partial charge on any atom is -0.397 e. The van der Waals surface area contributed by atoms with Gasteiger partial charge in [-0.1, -0.05) is 0 Å². The third kappa shape index (κ3) is 2.12. The highest BCUT2D eigenvalue weighted by Crippen LogP contribution is 2.29. The van der Waals surface area contributed by atoms with E-state index in [4.69, 9.17) is 5.73 Å². The fourth-order valence-electron chi connectivity index (χ4n) is 3.46. The first-order valence-electron chi connectivity index (χ1n) is 6.99. The second kappa shape index (κ2) is 4.56. The number of anilines is 1. The van der Waals surface area contributed by atoms with Crippen molar-refractivity contribution in [3.8, 4) is 0 Å². The molecule has 5 nitrogen and oxygen atoms in total. The van der Waals surface area contributed by atoms with E-state index in [1.807, 2.05) is 16.5 Å². The van der Waals surface area contributed by atoms with E-state index in [0.717, 1.165) is 19.5 Å². The van der Waals surface area contributed by atoms with Crippen molar-refractivity contribution in [2.75, 3.05) is 25.9 Å². The third-order valence-electron chi connectivity index (χ3n) is 4.68. The number of likely N-dealkylation sites (N-methyl/N-ethyl adjacent to an activating group) is 1. The zero-order valence-corrected chi connectivity index (χ0v) is 11.7. The molecule has 3 rings (SSSR count). The molecule has 2 aliphatic heterocycles. The van der Waals surface area contributed by atoms with E-state index in [1.165, 1.54) is 12.8 Å². The number of carbonyl (C=O) groups is 1. The second-order valence-electron chi connectivity index (χ2n) is 5.86. The summed E-state index contributed by atoms with van der Waals surface area (Å²) < 4.78 is 1.82. The Kier molecular flexibility index (Phi) is 3.01. The van der Waals surface area contributed by atoms with Crippen LogP contribution < -0.4 is 5.73 Å². The molecule has 2 atom stereocenters. The first-order chi connectivity index (χ1) is 9.06.